The third kappa shape index (κ3) is 4.31. The van der Waals surface area contributed by atoms with Crippen LogP contribution < -0.4 is 4.90 Å². The molecule has 1 N–H and O–H groups in total. The van der Waals surface area contributed by atoms with Gasteiger partial charge in [0.25, 0.3) is 0 Å². The maximum atomic E-state index is 13.2. The standard InChI is InChI=1S/C28H29N3O3/c1-17(2)14-25(32)29-23-16-19(30(3)4)10-11-21(23)26-27(33)22(28(26)34)15-18-12-13-31(5)24-9-7-6-8-20(18)24/h6-13,15-17,33H,14H2,1-5H3. The van der Waals surface area contributed by atoms with E-state index >= 15 is 0 Å². The number of carbonyl (C=O) groups is 2. The summed E-state index contributed by atoms with van der Waals surface area (Å²) < 4.78 is 0. The van der Waals surface area contributed by atoms with E-state index in [1.807, 2.05) is 87.4 Å². The van der Waals surface area contributed by atoms with E-state index in [1.54, 1.807) is 18.2 Å². The third-order valence-corrected chi connectivity index (χ3v) is 5.93. The minimum atomic E-state index is -0.264. The monoisotopic (exact) mass is 455 g/mol. The van der Waals surface area contributed by atoms with Crippen LogP contribution in [0, 0.1) is 5.92 Å². The molecule has 1 amide bonds. The smallest absolute Gasteiger partial charge is 0.246 e. The summed E-state index contributed by atoms with van der Waals surface area (Å²) in [6.45, 7) is 3.91. The lowest BCUT2D eigenvalue weighted by Crippen LogP contribution is -2.26. The second-order valence-electron chi connectivity index (χ2n) is 9.21. The predicted octanol–water partition coefficient (Wildman–Crippen LogP) is 4.75. The Kier molecular flexibility index (Phi) is 6.24. The number of likely N-dealkylation sites (N-methyl/N-ethyl adjacent to an activating group) is 1. The summed E-state index contributed by atoms with van der Waals surface area (Å²) in [5.41, 5.74) is 5.02. The molecule has 174 valence electrons. The number of benzene rings is 1. The van der Waals surface area contributed by atoms with E-state index in [4.69, 9.17) is 0 Å². The highest BCUT2D eigenvalue weighted by atomic mass is 16.3. The first-order valence-corrected chi connectivity index (χ1v) is 11.3. The highest BCUT2D eigenvalue weighted by molar-refractivity contribution is 6.28. The van der Waals surface area contributed by atoms with Crippen LogP contribution in [0.2, 0.25) is 0 Å². The van der Waals surface area contributed by atoms with Crippen LogP contribution in [0.4, 0.5) is 5.69 Å². The van der Waals surface area contributed by atoms with Crippen molar-refractivity contribution in [2.75, 3.05) is 26.0 Å². The SMILES string of the molecule is CC(C)CC(=O)N=C1C=C(N(C)C)C=CC1=C1C(=O)C(C=C2C=CN(C)c3ccccc32)=C1O. The molecule has 0 atom stereocenters. The third-order valence-electron chi connectivity index (χ3n) is 5.93. The number of anilines is 1. The quantitative estimate of drug-likeness (QED) is 0.663. The van der Waals surface area contributed by atoms with Gasteiger partial charge in [0.1, 0.15) is 5.76 Å². The van der Waals surface area contributed by atoms with Crippen molar-refractivity contribution in [3.8, 4) is 0 Å². The number of allylic oxidation sites excluding steroid dienone is 9. The number of fused-ring (bicyclic) bond motifs is 1. The number of amides is 1. The van der Waals surface area contributed by atoms with Crippen molar-refractivity contribution in [1.82, 2.24) is 4.90 Å². The number of aliphatic hydroxyl groups is 1. The van der Waals surface area contributed by atoms with E-state index in [0.29, 0.717) is 17.7 Å². The van der Waals surface area contributed by atoms with Gasteiger partial charge in [-0.1, -0.05) is 32.0 Å². The van der Waals surface area contributed by atoms with Crippen molar-refractivity contribution < 1.29 is 14.7 Å². The zero-order chi connectivity index (χ0) is 24.6. The van der Waals surface area contributed by atoms with Gasteiger partial charge in [0.05, 0.1) is 16.9 Å². The zero-order valence-corrected chi connectivity index (χ0v) is 20.2. The van der Waals surface area contributed by atoms with Crippen molar-refractivity contribution in [1.29, 1.82) is 0 Å². The molecule has 0 fully saturated rings. The van der Waals surface area contributed by atoms with Crippen LogP contribution in [0.15, 0.2) is 94.0 Å². The van der Waals surface area contributed by atoms with Crippen molar-refractivity contribution in [2.24, 2.45) is 10.9 Å². The minimum Gasteiger partial charge on any atom is -0.506 e. The summed E-state index contributed by atoms with van der Waals surface area (Å²) in [6, 6.07) is 7.91. The maximum absolute atomic E-state index is 13.2. The van der Waals surface area contributed by atoms with Crippen molar-refractivity contribution >= 4 is 28.7 Å². The van der Waals surface area contributed by atoms with E-state index in [0.717, 1.165) is 22.5 Å². The van der Waals surface area contributed by atoms with Gasteiger partial charge in [0.2, 0.25) is 11.7 Å². The van der Waals surface area contributed by atoms with Crippen molar-refractivity contribution in [2.45, 2.75) is 20.3 Å². The number of nitrogens with zero attached hydrogens (tertiary/aromatic N) is 3. The molecule has 1 aromatic carbocycles. The van der Waals surface area contributed by atoms with Crippen LogP contribution in [0.3, 0.4) is 0 Å². The molecule has 3 aliphatic rings. The fourth-order valence-electron chi connectivity index (χ4n) is 4.11. The van der Waals surface area contributed by atoms with Crippen LogP contribution in [0.25, 0.3) is 5.57 Å². The second kappa shape index (κ2) is 9.14. The number of carbonyl (C=O) groups excluding carboxylic acids is 2. The highest BCUT2D eigenvalue weighted by Gasteiger charge is 2.36. The van der Waals surface area contributed by atoms with Gasteiger partial charge < -0.3 is 14.9 Å². The Balaban J connectivity index is 1.76. The van der Waals surface area contributed by atoms with Crippen molar-refractivity contribution in [3.63, 3.8) is 0 Å². The Morgan fingerprint density at radius 1 is 1.18 bits per heavy atom. The van der Waals surface area contributed by atoms with Gasteiger partial charge in [-0.05, 0) is 47.9 Å². The first-order valence-electron chi connectivity index (χ1n) is 11.3. The van der Waals surface area contributed by atoms with E-state index in [-0.39, 0.29) is 34.5 Å². The van der Waals surface area contributed by atoms with Gasteiger partial charge in [-0.2, -0.15) is 0 Å². The first kappa shape index (κ1) is 23.2. The number of aliphatic hydroxyl groups excluding tert-OH is 1. The Morgan fingerprint density at radius 2 is 1.91 bits per heavy atom. The summed E-state index contributed by atoms with van der Waals surface area (Å²) >= 11 is 0. The lowest BCUT2D eigenvalue weighted by atomic mass is 9.80. The fraction of sp³-hybridized carbons (Fsp3) is 0.250. The Labute approximate surface area is 200 Å². The summed E-state index contributed by atoms with van der Waals surface area (Å²) in [5.74, 6) is -0.419. The lowest BCUT2D eigenvalue weighted by Gasteiger charge is -2.27. The van der Waals surface area contributed by atoms with E-state index in [1.165, 1.54) is 0 Å². The number of para-hydroxylation sites is 1. The molecule has 0 unspecified atom stereocenters. The normalized spacial score (nSPS) is 21.9. The maximum Gasteiger partial charge on any atom is 0.246 e. The van der Waals surface area contributed by atoms with E-state index in [2.05, 4.69) is 4.99 Å². The zero-order valence-electron chi connectivity index (χ0n) is 20.2. The van der Waals surface area contributed by atoms with E-state index < -0.39 is 0 Å². The topological polar surface area (TPSA) is 73.2 Å². The first-order chi connectivity index (χ1) is 16.2. The average Bonchev–Trinajstić information content (AvgIpc) is 2.79. The number of hydrogen-bond acceptors (Lipinski definition) is 5. The molecule has 1 aliphatic heterocycles. The molecule has 1 aromatic rings. The largest absolute Gasteiger partial charge is 0.506 e. The molecular weight excluding hydrogens is 426 g/mol. The van der Waals surface area contributed by atoms with Gasteiger partial charge in [-0.25, -0.2) is 4.99 Å². The molecular formula is C28H29N3O3. The van der Waals surface area contributed by atoms with Gasteiger partial charge in [0.15, 0.2) is 0 Å². The Hall–Kier alpha value is -3.93. The summed E-state index contributed by atoms with van der Waals surface area (Å²) in [5, 5.41) is 10.9. The number of hydrogen-bond donors (Lipinski definition) is 1. The molecule has 6 nitrogen and oxygen atoms in total. The van der Waals surface area contributed by atoms with Crippen LogP contribution in [0.1, 0.15) is 25.8 Å². The molecule has 0 radical (unpaired) electrons. The Morgan fingerprint density at radius 3 is 2.59 bits per heavy atom. The van der Waals surface area contributed by atoms with Crippen LogP contribution >= 0.6 is 0 Å². The highest BCUT2D eigenvalue weighted by Crippen LogP contribution is 2.38. The molecule has 6 heteroatoms. The van der Waals surface area contributed by atoms with Crippen LogP contribution in [0.5, 0.6) is 0 Å². The van der Waals surface area contributed by atoms with Gasteiger partial charge in [-0.15, -0.1) is 0 Å². The molecule has 34 heavy (non-hydrogen) atoms. The van der Waals surface area contributed by atoms with Gasteiger partial charge in [0, 0.05) is 56.3 Å². The molecule has 1 heterocycles. The van der Waals surface area contributed by atoms with Crippen molar-refractivity contribution in [3.05, 3.63) is 94.6 Å². The van der Waals surface area contributed by atoms with Crippen LogP contribution in [-0.4, -0.2) is 48.6 Å². The predicted molar refractivity (Wildman–Crippen MR) is 136 cm³/mol. The number of rotatable bonds is 4. The number of Topliss-reactive ketones (excluding diaryl/α,β-unsaturated/α-hetero) is 1. The Bertz CT molecular complexity index is 1280. The summed E-state index contributed by atoms with van der Waals surface area (Å²) in [6.07, 6.45) is 11.2. The molecule has 0 bridgehead atoms. The minimum absolute atomic E-state index is 0.0762. The number of aliphatic imine (C=N–C) groups is 1. The second-order valence-corrected chi connectivity index (χ2v) is 9.21. The number of ketones is 1. The van der Waals surface area contributed by atoms with Crippen LogP contribution in [-0.2, 0) is 9.59 Å². The average molecular weight is 456 g/mol. The summed E-state index contributed by atoms with van der Waals surface area (Å²) in [4.78, 5) is 33.8. The van der Waals surface area contributed by atoms with Gasteiger partial charge in [-0.3, -0.25) is 9.59 Å². The molecule has 0 saturated heterocycles. The lowest BCUT2D eigenvalue weighted by molar-refractivity contribution is -0.118. The molecule has 2 aliphatic carbocycles. The molecule has 0 spiro atoms. The molecule has 4 rings (SSSR count). The van der Waals surface area contributed by atoms with E-state index in [9.17, 15) is 14.7 Å². The fourth-order valence-corrected chi connectivity index (χ4v) is 4.11. The summed E-state index contributed by atoms with van der Waals surface area (Å²) in [7, 11) is 5.75. The van der Waals surface area contributed by atoms with Gasteiger partial charge >= 0.3 is 0 Å². The molecule has 0 saturated carbocycles. The molecule has 0 aromatic heterocycles.